The molecule has 0 aromatic rings. The van der Waals surface area contributed by atoms with Crippen LogP contribution in [0.15, 0.2) is 0 Å². The van der Waals surface area contributed by atoms with Crippen LogP contribution < -0.4 is 5.32 Å². The van der Waals surface area contributed by atoms with Gasteiger partial charge >= 0.3 is 18.1 Å². The van der Waals surface area contributed by atoms with Crippen molar-refractivity contribution in [2.45, 2.75) is 44.8 Å². The van der Waals surface area contributed by atoms with Gasteiger partial charge in [0.25, 0.3) is 0 Å². The van der Waals surface area contributed by atoms with Crippen molar-refractivity contribution in [2.75, 3.05) is 0 Å². The van der Waals surface area contributed by atoms with E-state index in [0.29, 0.717) is 12.8 Å². The third kappa shape index (κ3) is 2.23. The van der Waals surface area contributed by atoms with E-state index in [1.807, 2.05) is 0 Å². The summed E-state index contributed by atoms with van der Waals surface area (Å²) in [6, 6.07) is 0. The molecule has 1 unspecified atom stereocenters. The molecule has 0 bridgehead atoms. The highest BCUT2D eigenvalue weighted by Crippen LogP contribution is 2.46. The number of hydrogen-bond acceptors (Lipinski definition) is 2. The number of amides is 1. The fraction of sp³-hybridized carbons (Fsp3) is 0.800. The molecular formula is C10H14F3NO3. The predicted octanol–water partition coefficient (Wildman–Crippen LogP) is 1.70. The van der Waals surface area contributed by atoms with Crippen molar-refractivity contribution in [3.63, 3.8) is 0 Å². The summed E-state index contributed by atoms with van der Waals surface area (Å²) in [6.07, 6.45) is -4.13. The molecular weight excluding hydrogens is 239 g/mol. The Hall–Kier alpha value is -1.27. The zero-order chi connectivity index (χ0) is 13.5. The summed E-state index contributed by atoms with van der Waals surface area (Å²) in [5.74, 6) is -3.62. The number of carboxylic acid groups (broad SMARTS) is 1. The minimum Gasteiger partial charge on any atom is -0.479 e. The Morgan fingerprint density at radius 3 is 2.06 bits per heavy atom. The Balaban J connectivity index is 3.04. The summed E-state index contributed by atoms with van der Waals surface area (Å²) in [5, 5.41) is 10.8. The maximum Gasteiger partial charge on any atom is 0.471 e. The first-order valence-electron chi connectivity index (χ1n) is 5.16. The molecule has 0 saturated heterocycles. The molecule has 1 rings (SSSR count). The number of carboxylic acids is 1. The van der Waals surface area contributed by atoms with Crippen LogP contribution in [0.1, 0.15) is 33.1 Å². The Bertz CT molecular complexity index is 351. The number of rotatable bonds is 2. The predicted molar refractivity (Wildman–Crippen MR) is 52.2 cm³/mol. The summed E-state index contributed by atoms with van der Waals surface area (Å²) in [4.78, 5) is 22.1. The number of carbonyl (C=O) groups excluding carboxylic acids is 1. The van der Waals surface area contributed by atoms with Crippen molar-refractivity contribution in [2.24, 2.45) is 5.41 Å². The summed E-state index contributed by atoms with van der Waals surface area (Å²) in [6.45, 7) is 3.09. The highest BCUT2D eigenvalue weighted by atomic mass is 19.4. The Morgan fingerprint density at radius 2 is 1.76 bits per heavy atom. The largest absolute Gasteiger partial charge is 0.479 e. The second-order valence-corrected chi connectivity index (χ2v) is 4.90. The smallest absolute Gasteiger partial charge is 0.471 e. The molecule has 4 nitrogen and oxygen atoms in total. The van der Waals surface area contributed by atoms with Gasteiger partial charge in [0.1, 0.15) is 5.54 Å². The van der Waals surface area contributed by atoms with Crippen molar-refractivity contribution < 1.29 is 27.9 Å². The number of aliphatic carboxylic acids is 1. The summed E-state index contributed by atoms with van der Waals surface area (Å²) >= 11 is 0. The van der Waals surface area contributed by atoms with Crippen molar-refractivity contribution in [1.29, 1.82) is 0 Å². The van der Waals surface area contributed by atoms with Crippen LogP contribution in [0.5, 0.6) is 0 Å². The van der Waals surface area contributed by atoms with E-state index >= 15 is 0 Å². The molecule has 17 heavy (non-hydrogen) atoms. The van der Waals surface area contributed by atoms with Gasteiger partial charge < -0.3 is 10.4 Å². The molecule has 1 amide bonds. The van der Waals surface area contributed by atoms with Gasteiger partial charge in [0.15, 0.2) is 0 Å². The first-order valence-corrected chi connectivity index (χ1v) is 5.16. The van der Waals surface area contributed by atoms with Gasteiger partial charge in [-0.3, -0.25) is 4.79 Å². The molecule has 1 saturated carbocycles. The van der Waals surface area contributed by atoms with E-state index in [1.54, 1.807) is 19.2 Å². The molecule has 1 atom stereocenters. The first-order chi connectivity index (χ1) is 7.53. The van der Waals surface area contributed by atoms with E-state index in [-0.39, 0.29) is 6.42 Å². The van der Waals surface area contributed by atoms with Crippen molar-refractivity contribution in [1.82, 2.24) is 5.32 Å². The molecule has 1 fully saturated rings. The lowest BCUT2D eigenvalue weighted by molar-refractivity contribution is -0.179. The lowest BCUT2D eigenvalue weighted by atomic mass is 9.75. The van der Waals surface area contributed by atoms with E-state index < -0.39 is 29.0 Å². The molecule has 0 aliphatic heterocycles. The molecule has 7 heteroatoms. The summed E-state index contributed by atoms with van der Waals surface area (Å²) in [5.41, 5.74) is -2.74. The molecule has 0 radical (unpaired) electrons. The Kier molecular flexibility index (Phi) is 3.15. The third-order valence-corrected chi connectivity index (χ3v) is 3.46. The maximum absolute atomic E-state index is 12.2. The summed E-state index contributed by atoms with van der Waals surface area (Å²) in [7, 11) is 0. The lowest BCUT2D eigenvalue weighted by Gasteiger charge is -2.38. The normalized spacial score (nSPS) is 27.8. The molecule has 0 aromatic carbocycles. The minimum atomic E-state index is -5.07. The van der Waals surface area contributed by atoms with Gasteiger partial charge in [0.2, 0.25) is 0 Å². The van der Waals surface area contributed by atoms with Crippen LogP contribution >= 0.6 is 0 Å². The van der Waals surface area contributed by atoms with E-state index in [9.17, 15) is 22.8 Å². The highest BCUT2D eigenvalue weighted by Gasteiger charge is 2.58. The fourth-order valence-corrected chi connectivity index (χ4v) is 2.29. The second kappa shape index (κ2) is 3.89. The number of alkyl halides is 3. The van der Waals surface area contributed by atoms with Gasteiger partial charge in [0.05, 0.1) is 0 Å². The highest BCUT2D eigenvalue weighted by molar-refractivity contribution is 5.90. The van der Waals surface area contributed by atoms with Crippen molar-refractivity contribution in [3.05, 3.63) is 0 Å². The van der Waals surface area contributed by atoms with Crippen molar-refractivity contribution >= 4 is 11.9 Å². The average Bonchev–Trinajstić information content (AvgIpc) is 2.41. The van der Waals surface area contributed by atoms with Crippen LogP contribution in [0.3, 0.4) is 0 Å². The maximum atomic E-state index is 12.2. The first kappa shape index (κ1) is 13.8. The molecule has 0 spiro atoms. The SMILES string of the molecule is CC1(C)CCCC1(NC(=O)C(F)(F)F)C(=O)O. The lowest BCUT2D eigenvalue weighted by Crippen LogP contribution is -2.62. The third-order valence-electron chi connectivity index (χ3n) is 3.46. The van der Waals surface area contributed by atoms with Crippen LogP contribution in [0.25, 0.3) is 0 Å². The topological polar surface area (TPSA) is 66.4 Å². The molecule has 1 aliphatic rings. The Labute approximate surface area is 96.2 Å². The zero-order valence-electron chi connectivity index (χ0n) is 9.52. The van der Waals surface area contributed by atoms with Gasteiger partial charge in [0, 0.05) is 0 Å². The Morgan fingerprint density at radius 1 is 1.24 bits per heavy atom. The minimum absolute atomic E-state index is 0.0111. The number of carbonyl (C=O) groups is 2. The van der Waals surface area contributed by atoms with Gasteiger partial charge in [-0.15, -0.1) is 0 Å². The summed E-state index contributed by atoms with van der Waals surface area (Å²) < 4.78 is 36.5. The standard InChI is InChI=1S/C10H14F3NO3/c1-8(2)4-3-5-9(8,7(16)17)14-6(15)10(11,12)13/h3-5H2,1-2H3,(H,14,15)(H,16,17). The second-order valence-electron chi connectivity index (χ2n) is 4.90. The van der Waals surface area contributed by atoms with Crippen LogP contribution in [0, 0.1) is 5.41 Å². The molecule has 1 aliphatic carbocycles. The van der Waals surface area contributed by atoms with E-state index in [2.05, 4.69) is 0 Å². The van der Waals surface area contributed by atoms with Crippen LogP contribution in [-0.4, -0.2) is 28.7 Å². The number of halogens is 3. The van der Waals surface area contributed by atoms with Crippen LogP contribution in [-0.2, 0) is 9.59 Å². The van der Waals surface area contributed by atoms with Crippen molar-refractivity contribution in [3.8, 4) is 0 Å². The molecule has 2 N–H and O–H groups in total. The zero-order valence-corrected chi connectivity index (χ0v) is 9.52. The fourth-order valence-electron chi connectivity index (χ4n) is 2.29. The van der Waals surface area contributed by atoms with E-state index in [1.165, 1.54) is 0 Å². The molecule has 98 valence electrons. The van der Waals surface area contributed by atoms with Gasteiger partial charge in [-0.05, 0) is 24.7 Å². The monoisotopic (exact) mass is 253 g/mol. The van der Waals surface area contributed by atoms with Gasteiger partial charge in [-0.25, -0.2) is 4.79 Å². The van der Waals surface area contributed by atoms with Gasteiger partial charge in [-0.1, -0.05) is 13.8 Å². The van der Waals surface area contributed by atoms with E-state index in [0.717, 1.165) is 0 Å². The quantitative estimate of drug-likeness (QED) is 0.787. The molecule has 0 heterocycles. The average molecular weight is 253 g/mol. The van der Waals surface area contributed by atoms with E-state index in [4.69, 9.17) is 5.11 Å². The van der Waals surface area contributed by atoms with Crippen LogP contribution in [0.4, 0.5) is 13.2 Å². The molecule has 0 aromatic heterocycles. The van der Waals surface area contributed by atoms with Gasteiger partial charge in [-0.2, -0.15) is 13.2 Å². The number of hydrogen-bond donors (Lipinski definition) is 2. The number of nitrogens with one attached hydrogen (secondary N) is 1. The van der Waals surface area contributed by atoms with Crippen LogP contribution in [0.2, 0.25) is 0 Å².